The quantitative estimate of drug-likeness (QED) is 0.759. The van der Waals surface area contributed by atoms with Gasteiger partial charge in [-0.3, -0.25) is 9.78 Å². The van der Waals surface area contributed by atoms with Gasteiger partial charge in [0.2, 0.25) is 0 Å². The van der Waals surface area contributed by atoms with E-state index < -0.39 is 0 Å². The van der Waals surface area contributed by atoms with Gasteiger partial charge in [0.15, 0.2) is 0 Å². The van der Waals surface area contributed by atoms with Gasteiger partial charge in [-0.1, -0.05) is 12.1 Å². The summed E-state index contributed by atoms with van der Waals surface area (Å²) in [6.45, 7) is 1.97. The molecule has 0 bridgehead atoms. The average Bonchev–Trinajstić information content (AvgIpc) is 2.93. The Balaban J connectivity index is 1.73. The normalized spacial score (nSPS) is 12.9. The van der Waals surface area contributed by atoms with Crippen LogP contribution in [0.15, 0.2) is 42.9 Å². The molecule has 0 aromatic carbocycles. The highest BCUT2D eigenvalue weighted by atomic mass is 16.1. The highest BCUT2D eigenvalue weighted by Crippen LogP contribution is 2.33. The molecule has 120 valence electrons. The summed E-state index contributed by atoms with van der Waals surface area (Å²) < 4.78 is 0. The summed E-state index contributed by atoms with van der Waals surface area (Å²) in [5.41, 5.74) is 5.78. The predicted molar refractivity (Wildman–Crippen MR) is 93.0 cm³/mol. The van der Waals surface area contributed by atoms with Crippen LogP contribution < -0.4 is 5.32 Å². The Hall–Kier alpha value is -2.95. The van der Waals surface area contributed by atoms with Gasteiger partial charge in [-0.15, -0.1) is 0 Å². The Bertz CT molecular complexity index is 896. The van der Waals surface area contributed by atoms with Crippen molar-refractivity contribution in [3.63, 3.8) is 0 Å². The number of pyridine rings is 2. The smallest absolute Gasteiger partial charge is 0.259 e. The summed E-state index contributed by atoms with van der Waals surface area (Å²) in [7, 11) is 0. The van der Waals surface area contributed by atoms with Gasteiger partial charge in [-0.05, 0) is 49.4 Å². The number of carbonyl (C=O) groups is 1. The molecule has 4 rings (SSSR count). The molecular formula is C19H18N4O. The minimum atomic E-state index is -0.164. The Kier molecular flexibility index (Phi) is 3.61. The number of rotatable bonds is 2. The molecule has 0 radical (unpaired) electrons. The first-order valence-electron chi connectivity index (χ1n) is 8.11. The van der Waals surface area contributed by atoms with Crippen LogP contribution in [0, 0.1) is 6.92 Å². The van der Waals surface area contributed by atoms with Crippen molar-refractivity contribution in [1.82, 2.24) is 15.0 Å². The number of aromatic amines is 1. The molecule has 0 fully saturated rings. The number of aryl methyl sites for hydroxylation is 3. The van der Waals surface area contributed by atoms with E-state index in [1.165, 1.54) is 5.56 Å². The predicted octanol–water partition coefficient (Wildman–Crippen LogP) is 3.52. The summed E-state index contributed by atoms with van der Waals surface area (Å²) >= 11 is 0. The minimum Gasteiger partial charge on any atom is -0.364 e. The maximum absolute atomic E-state index is 12.8. The lowest BCUT2D eigenvalue weighted by Gasteiger charge is -2.08. The van der Waals surface area contributed by atoms with E-state index in [4.69, 9.17) is 0 Å². The van der Waals surface area contributed by atoms with Crippen LogP contribution in [0.3, 0.4) is 0 Å². The Morgan fingerprint density at radius 2 is 2.12 bits per heavy atom. The first kappa shape index (κ1) is 14.6. The van der Waals surface area contributed by atoms with Gasteiger partial charge < -0.3 is 10.3 Å². The maximum atomic E-state index is 12.8. The summed E-state index contributed by atoms with van der Waals surface area (Å²) in [5.74, 6) is 0.387. The third kappa shape index (κ3) is 2.58. The molecule has 1 amide bonds. The van der Waals surface area contributed by atoms with Crippen molar-refractivity contribution in [1.29, 1.82) is 0 Å². The number of nitrogens with zero attached hydrogens (tertiary/aromatic N) is 2. The molecule has 3 aromatic heterocycles. The maximum Gasteiger partial charge on any atom is 0.259 e. The molecule has 0 saturated heterocycles. The van der Waals surface area contributed by atoms with Crippen LogP contribution in [-0.2, 0) is 12.8 Å². The Morgan fingerprint density at radius 3 is 2.96 bits per heavy atom. The second-order valence-electron chi connectivity index (χ2n) is 6.10. The number of aromatic nitrogens is 3. The number of hydrogen-bond acceptors (Lipinski definition) is 3. The zero-order valence-electron chi connectivity index (χ0n) is 13.5. The third-order valence-corrected chi connectivity index (χ3v) is 4.36. The highest BCUT2D eigenvalue weighted by molar-refractivity contribution is 6.08. The topological polar surface area (TPSA) is 70.7 Å². The highest BCUT2D eigenvalue weighted by Gasteiger charge is 2.24. The Labute approximate surface area is 140 Å². The van der Waals surface area contributed by atoms with E-state index in [0.717, 1.165) is 41.8 Å². The van der Waals surface area contributed by atoms with Crippen molar-refractivity contribution in [3.8, 4) is 11.3 Å². The molecule has 0 atom stereocenters. The van der Waals surface area contributed by atoms with Crippen LogP contribution in [0.1, 0.15) is 33.6 Å². The lowest BCUT2D eigenvalue weighted by Crippen LogP contribution is -2.13. The summed E-state index contributed by atoms with van der Waals surface area (Å²) in [4.78, 5) is 24.8. The van der Waals surface area contributed by atoms with Crippen LogP contribution in [0.5, 0.6) is 0 Å². The van der Waals surface area contributed by atoms with Crippen molar-refractivity contribution in [2.45, 2.75) is 26.2 Å². The van der Waals surface area contributed by atoms with Crippen LogP contribution in [0.4, 0.5) is 5.82 Å². The van der Waals surface area contributed by atoms with E-state index in [9.17, 15) is 4.79 Å². The lowest BCUT2D eigenvalue weighted by atomic mass is 10.0. The van der Waals surface area contributed by atoms with Gasteiger partial charge in [-0.2, -0.15) is 0 Å². The van der Waals surface area contributed by atoms with Crippen molar-refractivity contribution in [2.75, 3.05) is 5.32 Å². The number of H-pyrrole nitrogens is 1. The lowest BCUT2D eigenvalue weighted by molar-refractivity contribution is 0.102. The zero-order chi connectivity index (χ0) is 16.5. The van der Waals surface area contributed by atoms with E-state index >= 15 is 0 Å². The van der Waals surface area contributed by atoms with E-state index in [-0.39, 0.29) is 5.91 Å². The number of nitrogens with one attached hydrogen (secondary N) is 2. The average molecular weight is 318 g/mol. The molecule has 0 unspecified atom stereocenters. The third-order valence-electron chi connectivity index (χ3n) is 4.36. The molecule has 24 heavy (non-hydrogen) atoms. The summed E-state index contributed by atoms with van der Waals surface area (Å²) in [6, 6.07) is 7.78. The Morgan fingerprint density at radius 1 is 1.21 bits per heavy atom. The van der Waals surface area contributed by atoms with Gasteiger partial charge in [0.05, 0.1) is 11.3 Å². The standard InChI is InChI=1S/C19H18N4O/c1-12-7-8-16(22-10-12)23-19(24)14-11-21-15-6-2-4-13-5-3-9-20-18(13)17(14)15/h3,5,7-11,21H,2,4,6H2,1H3,(H,22,23,24). The summed E-state index contributed by atoms with van der Waals surface area (Å²) in [5, 5.41) is 2.88. The van der Waals surface area contributed by atoms with Crippen LogP contribution in [-0.4, -0.2) is 20.9 Å². The van der Waals surface area contributed by atoms with Crippen LogP contribution in [0.2, 0.25) is 0 Å². The molecule has 5 heteroatoms. The van der Waals surface area contributed by atoms with Gasteiger partial charge >= 0.3 is 0 Å². The first-order valence-corrected chi connectivity index (χ1v) is 8.11. The molecule has 1 aliphatic carbocycles. The minimum absolute atomic E-state index is 0.164. The molecule has 1 aliphatic rings. The number of anilines is 1. The fourth-order valence-corrected chi connectivity index (χ4v) is 3.16. The second kappa shape index (κ2) is 5.92. The summed E-state index contributed by atoms with van der Waals surface area (Å²) in [6.07, 6.45) is 8.24. The fourth-order valence-electron chi connectivity index (χ4n) is 3.16. The van der Waals surface area contributed by atoms with Gasteiger partial charge in [-0.25, -0.2) is 4.98 Å². The SMILES string of the molecule is Cc1ccc(NC(=O)c2c[nH]c3c2-c2ncccc2CCC3)nc1. The van der Waals surface area contributed by atoms with E-state index in [0.29, 0.717) is 11.4 Å². The molecule has 3 heterocycles. The number of hydrogen-bond donors (Lipinski definition) is 2. The van der Waals surface area contributed by atoms with Crippen molar-refractivity contribution < 1.29 is 4.79 Å². The molecule has 0 aliphatic heterocycles. The van der Waals surface area contributed by atoms with Crippen molar-refractivity contribution in [2.24, 2.45) is 0 Å². The van der Waals surface area contributed by atoms with Crippen LogP contribution >= 0.6 is 0 Å². The molecular weight excluding hydrogens is 300 g/mol. The molecule has 3 aromatic rings. The van der Waals surface area contributed by atoms with Gasteiger partial charge in [0, 0.05) is 29.8 Å². The largest absolute Gasteiger partial charge is 0.364 e. The fraction of sp³-hybridized carbons (Fsp3) is 0.211. The van der Waals surface area contributed by atoms with Gasteiger partial charge in [0.1, 0.15) is 5.82 Å². The van der Waals surface area contributed by atoms with Crippen molar-refractivity contribution >= 4 is 11.7 Å². The van der Waals surface area contributed by atoms with Crippen molar-refractivity contribution in [3.05, 3.63) is 65.2 Å². The number of carbonyl (C=O) groups excluding carboxylic acids is 1. The number of fused-ring (bicyclic) bond motifs is 3. The monoisotopic (exact) mass is 318 g/mol. The number of amides is 1. The second-order valence-corrected chi connectivity index (χ2v) is 6.10. The van der Waals surface area contributed by atoms with E-state index in [1.807, 2.05) is 25.1 Å². The molecule has 0 saturated carbocycles. The van der Waals surface area contributed by atoms with Crippen LogP contribution in [0.25, 0.3) is 11.3 Å². The molecule has 0 spiro atoms. The first-order chi connectivity index (χ1) is 11.7. The van der Waals surface area contributed by atoms with E-state index in [1.54, 1.807) is 18.6 Å². The zero-order valence-corrected chi connectivity index (χ0v) is 13.5. The molecule has 2 N–H and O–H groups in total. The molecule has 5 nitrogen and oxygen atoms in total. The van der Waals surface area contributed by atoms with E-state index in [2.05, 4.69) is 26.3 Å². The van der Waals surface area contributed by atoms with Gasteiger partial charge in [0.25, 0.3) is 5.91 Å².